The summed E-state index contributed by atoms with van der Waals surface area (Å²) >= 11 is 3.27. The lowest BCUT2D eigenvalue weighted by Gasteiger charge is -2.14. The zero-order valence-corrected chi connectivity index (χ0v) is 15.0. The van der Waals surface area contributed by atoms with Crippen molar-refractivity contribution in [1.29, 1.82) is 0 Å². The van der Waals surface area contributed by atoms with Crippen LogP contribution in [0.3, 0.4) is 0 Å². The first kappa shape index (κ1) is 16.3. The highest BCUT2D eigenvalue weighted by Gasteiger charge is 2.21. The molecule has 0 fully saturated rings. The van der Waals surface area contributed by atoms with Gasteiger partial charge in [-0.25, -0.2) is 4.98 Å². The van der Waals surface area contributed by atoms with E-state index in [9.17, 15) is 0 Å². The zero-order valence-electron chi connectivity index (χ0n) is 13.4. The predicted molar refractivity (Wildman–Crippen MR) is 88.3 cm³/mol. The van der Waals surface area contributed by atoms with Crippen molar-refractivity contribution in [1.82, 2.24) is 15.2 Å². The highest BCUT2D eigenvalue weighted by molar-refractivity contribution is 7.15. The third-order valence-electron chi connectivity index (χ3n) is 3.05. The summed E-state index contributed by atoms with van der Waals surface area (Å²) in [5.74, 6) is 0. The second kappa shape index (κ2) is 6.37. The molecule has 0 radical (unpaired) electrons. The first-order valence-corrected chi connectivity index (χ1v) is 8.53. The second-order valence-corrected chi connectivity index (χ2v) is 7.90. The Morgan fingerprint density at radius 3 is 2.62 bits per heavy atom. The molecule has 0 bridgehead atoms. The fourth-order valence-electron chi connectivity index (χ4n) is 1.67. The minimum absolute atomic E-state index is 0.0401. The Hall–Kier alpha value is -1.05. The first-order chi connectivity index (χ1) is 9.81. The van der Waals surface area contributed by atoms with Crippen LogP contribution in [-0.4, -0.2) is 29.3 Å². The molecule has 0 aromatic carbocycles. The molecular formula is C14H22N4OS2. The Kier molecular flexibility index (Phi) is 4.95. The van der Waals surface area contributed by atoms with Gasteiger partial charge >= 0.3 is 0 Å². The second-order valence-electron chi connectivity index (χ2n) is 6.05. The van der Waals surface area contributed by atoms with Crippen molar-refractivity contribution in [3.05, 3.63) is 21.1 Å². The summed E-state index contributed by atoms with van der Waals surface area (Å²) in [5.41, 5.74) is 1.08. The summed E-state index contributed by atoms with van der Waals surface area (Å²) in [6.45, 7) is 9.18. The van der Waals surface area contributed by atoms with Gasteiger partial charge in [0.25, 0.3) is 0 Å². The molecule has 116 valence electrons. The van der Waals surface area contributed by atoms with E-state index in [-0.39, 0.29) is 11.5 Å². The maximum absolute atomic E-state index is 5.29. The van der Waals surface area contributed by atoms with Crippen molar-refractivity contribution >= 4 is 27.8 Å². The third kappa shape index (κ3) is 3.99. The molecule has 21 heavy (non-hydrogen) atoms. The Morgan fingerprint density at radius 1 is 1.33 bits per heavy atom. The van der Waals surface area contributed by atoms with Crippen LogP contribution < -0.4 is 4.90 Å². The molecule has 0 spiro atoms. The summed E-state index contributed by atoms with van der Waals surface area (Å²) in [5, 5.41) is 13.6. The quantitative estimate of drug-likeness (QED) is 0.839. The summed E-state index contributed by atoms with van der Waals surface area (Å²) in [6, 6.07) is 0. The van der Waals surface area contributed by atoms with Crippen molar-refractivity contribution in [2.75, 3.05) is 19.1 Å². The number of thiazole rings is 1. The van der Waals surface area contributed by atoms with E-state index in [1.807, 2.05) is 14.0 Å². The predicted octanol–water partition coefficient (Wildman–Crippen LogP) is 3.64. The molecule has 0 aliphatic carbocycles. The van der Waals surface area contributed by atoms with Crippen LogP contribution in [0.1, 0.15) is 49.5 Å². The molecule has 0 aliphatic rings. The number of methoxy groups -OCH3 is 1. The van der Waals surface area contributed by atoms with Gasteiger partial charge in [-0.15, -0.1) is 21.5 Å². The maximum Gasteiger partial charge on any atom is 0.208 e. The minimum Gasteiger partial charge on any atom is -0.375 e. The summed E-state index contributed by atoms with van der Waals surface area (Å²) in [7, 11) is 3.72. The van der Waals surface area contributed by atoms with Gasteiger partial charge in [-0.3, -0.25) is 0 Å². The smallest absolute Gasteiger partial charge is 0.208 e. The Labute approximate surface area is 134 Å². The van der Waals surface area contributed by atoms with Crippen LogP contribution in [0.2, 0.25) is 0 Å². The SMILES string of the molecule is COC(C)c1nc(CN(C)c2nnc(C(C)(C)C)s2)cs1. The molecule has 2 aromatic heterocycles. The van der Waals surface area contributed by atoms with E-state index in [4.69, 9.17) is 4.74 Å². The molecule has 1 atom stereocenters. The lowest BCUT2D eigenvalue weighted by molar-refractivity contribution is 0.119. The minimum atomic E-state index is 0.0401. The van der Waals surface area contributed by atoms with Crippen molar-refractivity contribution in [3.63, 3.8) is 0 Å². The fraction of sp³-hybridized carbons (Fsp3) is 0.643. The molecule has 2 aromatic rings. The number of ether oxygens (including phenoxy) is 1. The van der Waals surface area contributed by atoms with Gasteiger partial charge in [-0.1, -0.05) is 32.1 Å². The fourth-order valence-corrected chi connectivity index (χ4v) is 3.37. The van der Waals surface area contributed by atoms with Crippen molar-refractivity contribution in [2.45, 2.75) is 45.8 Å². The Bertz CT molecular complexity index is 588. The molecule has 5 nitrogen and oxygen atoms in total. The highest BCUT2D eigenvalue weighted by atomic mass is 32.1. The molecule has 0 aliphatic heterocycles. The molecular weight excluding hydrogens is 304 g/mol. The van der Waals surface area contributed by atoms with Crippen molar-refractivity contribution in [3.8, 4) is 0 Å². The molecule has 2 rings (SSSR count). The van der Waals surface area contributed by atoms with Gasteiger partial charge in [-0.2, -0.15) is 0 Å². The van der Waals surface area contributed by atoms with Crippen LogP contribution in [-0.2, 0) is 16.7 Å². The standard InChI is InChI=1S/C14H22N4OS2/c1-9(19-6)11-15-10(8-20-11)7-18(5)13-17-16-12(21-13)14(2,3)4/h8-9H,7H2,1-6H3. The average Bonchev–Trinajstić information content (AvgIpc) is 3.05. The molecule has 2 heterocycles. The van der Waals surface area contributed by atoms with Gasteiger partial charge in [0, 0.05) is 25.0 Å². The average molecular weight is 326 g/mol. The molecule has 7 heteroatoms. The van der Waals surface area contributed by atoms with Crippen LogP contribution in [0.4, 0.5) is 5.13 Å². The lowest BCUT2D eigenvalue weighted by Crippen LogP contribution is -2.16. The van der Waals surface area contributed by atoms with Gasteiger partial charge in [0.2, 0.25) is 5.13 Å². The lowest BCUT2D eigenvalue weighted by atomic mass is 9.98. The van der Waals surface area contributed by atoms with Gasteiger partial charge in [0.1, 0.15) is 16.1 Å². The number of nitrogens with zero attached hydrogens (tertiary/aromatic N) is 4. The monoisotopic (exact) mass is 326 g/mol. The van der Waals surface area contributed by atoms with Gasteiger partial charge in [0.15, 0.2) is 0 Å². The van der Waals surface area contributed by atoms with E-state index in [0.29, 0.717) is 0 Å². The number of hydrogen-bond acceptors (Lipinski definition) is 7. The van der Waals surface area contributed by atoms with E-state index in [1.165, 1.54) is 0 Å². The molecule has 0 saturated heterocycles. The topological polar surface area (TPSA) is 51.1 Å². The van der Waals surface area contributed by atoms with Gasteiger partial charge in [0.05, 0.1) is 12.2 Å². The van der Waals surface area contributed by atoms with Crippen LogP contribution in [0.15, 0.2) is 5.38 Å². The normalized spacial score (nSPS) is 13.4. The van der Waals surface area contributed by atoms with Crippen LogP contribution in [0, 0.1) is 0 Å². The Morgan fingerprint density at radius 2 is 2.05 bits per heavy atom. The number of anilines is 1. The maximum atomic E-state index is 5.29. The molecule has 0 N–H and O–H groups in total. The summed E-state index contributed by atoms with van der Waals surface area (Å²) in [4.78, 5) is 6.70. The van der Waals surface area contributed by atoms with E-state index < -0.39 is 0 Å². The number of hydrogen-bond donors (Lipinski definition) is 0. The molecule has 1 unspecified atom stereocenters. The highest BCUT2D eigenvalue weighted by Crippen LogP contribution is 2.30. The number of aromatic nitrogens is 3. The van der Waals surface area contributed by atoms with E-state index in [0.717, 1.165) is 27.4 Å². The van der Waals surface area contributed by atoms with E-state index >= 15 is 0 Å². The van der Waals surface area contributed by atoms with E-state index in [2.05, 4.69) is 46.2 Å². The van der Waals surface area contributed by atoms with Crippen LogP contribution in [0.25, 0.3) is 0 Å². The van der Waals surface area contributed by atoms with Crippen LogP contribution >= 0.6 is 22.7 Å². The Balaban J connectivity index is 2.06. The number of rotatable bonds is 5. The third-order valence-corrected chi connectivity index (χ3v) is 5.57. The summed E-state index contributed by atoms with van der Waals surface area (Å²) in [6.07, 6.45) is 0.0445. The molecule has 0 amide bonds. The summed E-state index contributed by atoms with van der Waals surface area (Å²) < 4.78 is 5.29. The van der Waals surface area contributed by atoms with Gasteiger partial charge in [-0.05, 0) is 6.92 Å². The van der Waals surface area contributed by atoms with Crippen LogP contribution in [0.5, 0.6) is 0 Å². The largest absolute Gasteiger partial charge is 0.375 e. The first-order valence-electron chi connectivity index (χ1n) is 6.83. The zero-order chi connectivity index (χ0) is 15.6. The van der Waals surface area contributed by atoms with Crippen molar-refractivity contribution in [2.24, 2.45) is 0 Å². The van der Waals surface area contributed by atoms with Crippen molar-refractivity contribution < 1.29 is 4.74 Å². The van der Waals surface area contributed by atoms with E-state index in [1.54, 1.807) is 29.8 Å². The molecule has 0 saturated carbocycles. The van der Waals surface area contributed by atoms with Gasteiger partial charge < -0.3 is 9.64 Å².